The highest BCUT2D eigenvalue weighted by molar-refractivity contribution is 5.87. The summed E-state index contributed by atoms with van der Waals surface area (Å²) in [5, 5.41) is 12.5. The van der Waals surface area contributed by atoms with Crippen molar-refractivity contribution < 1.29 is 14.7 Å². The van der Waals surface area contributed by atoms with Gasteiger partial charge in [0.25, 0.3) is 5.91 Å². The van der Waals surface area contributed by atoms with Crippen molar-refractivity contribution in [1.82, 2.24) is 10.2 Å². The van der Waals surface area contributed by atoms with E-state index in [-0.39, 0.29) is 12.5 Å². The maximum atomic E-state index is 12.2. The molecular formula is C14H20N2O3. The highest BCUT2D eigenvalue weighted by Crippen LogP contribution is 2.15. The molecule has 104 valence electrons. The third-order valence-electron chi connectivity index (χ3n) is 2.77. The van der Waals surface area contributed by atoms with Crippen LogP contribution in [-0.2, 0) is 9.59 Å². The summed E-state index contributed by atoms with van der Waals surface area (Å²) in [6.45, 7) is 2.32. The number of hydrogen-bond acceptors (Lipinski definition) is 3. The zero-order chi connectivity index (χ0) is 14.3. The van der Waals surface area contributed by atoms with Gasteiger partial charge >= 0.3 is 0 Å². The Morgan fingerprint density at radius 1 is 1.32 bits per heavy atom. The van der Waals surface area contributed by atoms with Crippen LogP contribution in [0.2, 0.25) is 0 Å². The molecular weight excluding hydrogens is 244 g/mol. The topological polar surface area (TPSA) is 69.6 Å². The molecule has 0 spiro atoms. The van der Waals surface area contributed by atoms with Crippen LogP contribution in [-0.4, -0.2) is 42.0 Å². The molecule has 0 heterocycles. The van der Waals surface area contributed by atoms with Crippen LogP contribution in [0.25, 0.3) is 0 Å². The highest BCUT2D eigenvalue weighted by atomic mass is 16.3. The van der Waals surface area contributed by atoms with Gasteiger partial charge in [0.2, 0.25) is 5.91 Å². The van der Waals surface area contributed by atoms with Gasteiger partial charge in [-0.3, -0.25) is 9.59 Å². The van der Waals surface area contributed by atoms with Gasteiger partial charge in [-0.2, -0.15) is 0 Å². The van der Waals surface area contributed by atoms with Crippen molar-refractivity contribution in [3.05, 3.63) is 35.9 Å². The maximum absolute atomic E-state index is 12.2. The van der Waals surface area contributed by atoms with Crippen LogP contribution in [0.4, 0.5) is 0 Å². The van der Waals surface area contributed by atoms with Gasteiger partial charge < -0.3 is 15.3 Å². The first-order valence-electron chi connectivity index (χ1n) is 6.32. The van der Waals surface area contributed by atoms with Crippen LogP contribution < -0.4 is 5.32 Å². The molecule has 0 radical (unpaired) electrons. The van der Waals surface area contributed by atoms with Gasteiger partial charge in [0.1, 0.15) is 0 Å². The SMILES string of the molecule is CCCN(CC(=O)NC)C(=O)C(O)c1ccccc1. The van der Waals surface area contributed by atoms with Crippen molar-refractivity contribution in [2.75, 3.05) is 20.1 Å². The first-order chi connectivity index (χ1) is 9.10. The summed E-state index contributed by atoms with van der Waals surface area (Å²) in [5.41, 5.74) is 0.533. The predicted molar refractivity (Wildman–Crippen MR) is 72.3 cm³/mol. The van der Waals surface area contributed by atoms with Crippen LogP contribution >= 0.6 is 0 Å². The number of amides is 2. The molecule has 0 aliphatic heterocycles. The summed E-state index contributed by atoms with van der Waals surface area (Å²) in [6, 6.07) is 8.71. The Bertz CT molecular complexity index is 420. The molecule has 0 fully saturated rings. The number of nitrogens with zero attached hydrogens (tertiary/aromatic N) is 1. The fraction of sp³-hybridized carbons (Fsp3) is 0.429. The van der Waals surface area contributed by atoms with Crippen molar-refractivity contribution in [2.24, 2.45) is 0 Å². The molecule has 1 aromatic rings. The number of nitrogens with one attached hydrogen (secondary N) is 1. The number of benzene rings is 1. The fourth-order valence-electron chi connectivity index (χ4n) is 1.74. The van der Waals surface area contributed by atoms with Gasteiger partial charge in [0, 0.05) is 13.6 Å². The van der Waals surface area contributed by atoms with Gasteiger partial charge in [-0.25, -0.2) is 0 Å². The number of aliphatic hydroxyl groups excluding tert-OH is 1. The molecule has 1 aromatic carbocycles. The van der Waals surface area contributed by atoms with Crippen LogP contribution in [0.15, 0.2) is 30.3 Å². The fourth-order valence-corrected chi connectivity index (χ4v) is 1.74. The lowest BCUT2D eigenvalue weighted by Gasteiger charge is -2.24. The Labute approximate surface area is 113 Å². The number of rotatable bonds is 6. The number of likely N-dealkylation sites (N-methyl/N-ethyl adjacent to an activating group) is 1. The van der Waals surface area contributed by atoms with E-state index in [0.29, 0.717) is 12.1 Å². The Morgan fingerprint density at radius 2 is 1.95 bits per heavy atom. The van der Waals surface area contributed by atoms with Crippen molar-refractivity contribution >= 4 is 11.8 Å². The summed E-state index contributed by atoms with van der Waals surface area (Å²) >= 11 is 0. The minimum Gasteiger partial charge on any atom is -0.378 e. The molecule has 1 unspecified atom stereocenters. The quantitative estimate of drug-likeness (QED) is 0.795. The molecule has 19 heavy (non-hydrogen) atoms. The third kappa shape index (κ3) is 4.37. The lowest BCUT2D eigenvalue weighted by molar-refractivity contribution is -0.143. The Hall–Kier alpha value is -1.88. The van der Waals surface area contributed by atoms with Crippen molar-refractivity contribution in [3.63, 3.8) is 0 Å². The van der Waals surface area contributed by atoms with E-state index < -0.39 is 12.0 Å². The van der Waals surface area contributed by atoms with E-state index in [4.69, 9.17) is 0 Å². The zero-order valence-electron chi connectivity index (χ0n) is 11.3. The van der Waals surface area contributed by atoms with Gasteiger partial charge in [0.05, 0.1) is 6.54 Å². The van der Waals surface area contributed by atoms with E-state index in [0.717, 1.165) is 6.42 Å². The summed E-state index contributed by atoms with van der Waals surface area (Å²) in [7, 11) is 1.52. The number of hydrogen-bond donors (Lipinski definition) is 2. The Morgan fingerprint density at radius 3 is 2.47 bits per heavy atom. The molecule has 1 rings (SSSR count). The van der Waals surface area contributed by atoms with Gasteiger partial charge in [0.15, 0.2) is 6.10 Å². The minimum absolute atomic E-state index is 0.0347. The highest BCUT2D eigenvalue weighted by Gasteiger charge is 2.24. The second-order valence-electron chi connectivity index (χ2n) is 4.25. The molecule has 1 atom stereocenters. The number of aliphatic hydroxyl groups is 1. The standard InChI is InChI=1S/C14H20N2O3/c1-3-9-16(10-12(17)15-2)14(19)13(18)11-7-5-4-6-8-11/h4-8,13,18H,3,9-10H2,1-2H3,(H,15,17). The number of carbonyl (C=O) groups is 2. The average molecular weight is 264 g/mol. The Kier molecular flexibility index (Phi) is 6.02. The monoisotopic (exact) mass is 264 g/mol. The first kappa shape index (κ1) is 15.2. The molecule has 0 bridgehead atoms. The molecule has 5 nitrogen and oxygen atoms in total. The normalized spacial score (nSPS) is 11.7. The van der Waals surface area contributed by atoms with E-state index >= 15 is 0 Å². The van der Waals surface area contributed by atoms with E-state index in [1.54, 1.807) is 24.3 Å². The number of carbonyl (C=O) groups excluding carboxylic acids is 2. The summed E-state index contributed by atoms with van der Waals surface area (Å²) in [5.74, 6) is -0.696. The zero-order valence-corrected chi connectivity index (χ0v) is 11.3. The van der Waals surface area contributed by atoms with Crippen molar-refractivity contribution in [2.45, 2.75) is 19.4 Å². The van der Waals surface area contributed by atoms with Gasteiger partial charge in [-0.15, -0.1) is 0 Å². The van der Waals surface area contributed by atoms with Crippen LogP contribution in [0.1, 0.15) is 25.0 Å². The first-order valence-corrected chi connectivity index (χ1v) is 6.32. The third-order valence-corrected chi connectivity index (χ3v) is 2.77. The van der Waals surface area contributed by atoms with E-state index in [1.807, 2.05) is 13.0 Å². The largest absolute Gasteiger partial charge is 0.378 e. The molecule has 0 aromatic heterocycles. The van der Waals surface area contributed by atoms with Crippen LogP contribution in [0, 0.1) is 0 Å². The second kappa shape index (κ2) is 7.53. The second-order valence-corrected chi connectivity index (χ2v) is 4.25. The average Bonchev–Trinajstić information content (AvgIpc) is 2.46. The van der Waals surface area contributed by atoms with Crippen LogP contribution in [0.3, 0.4) is 0 Å². The minimum atomic E-state index is -1.22. The smallest absolute Gasteiger partial charge is 0.256 e. The van der Waals surface area contributed by atoms with E-state index in [2.05, 4.69) is 5.32 Å². The Balaban J connectivity index is 2.78. The molecule has 0 saturated heterocycles. The molecule has 5 heteroatoms. The van der Waals surface area contributed by atoms with E-state index in [1.165, 1.54) is 11.9 Å². The lowest BCUT2D eigenvalue weighted by Crippen LogP contribution is -2.42. The molecule has 0 aliphatic carbocycles. The molecule has 2 amide bonds. The van der Waals surface area contributed by atoms with Gasteiger partial charge in [-0.05, 0) is 12.0 Å². The van der Waals surface area contributed by atoms with E-state index in [9.17, 15) is 14.7 Å². The van der Waals surface area contributed by atoms with Crippen LogP contribution in [0.5, 0.6) is 0 Å². The summed E-state index contributed by atoms with van der Waals surface area (Å²) in [4.78, 5) is 24.9. The molecule has 0 saturated carbocycles. The maximum Gasteiger partial charge on any atom is 0.256 e. The summed E-state index contributed by atoms with van der Waals surface area (Å²) in [6.07, 6.45) is -0.498. The molecule has 2 N–H and O–H groups in total. The summed E-state index contributed by atoms with van der Waals surface area (Å²) < 4.78 is 0. The molecule has 0 aliphatic rings. The lowest BCUT2D eigenvalue weighted by atomic mass is 10.1. The van der Waals surface area contributed by atoms with Crippen molar-refractivity contribution in [1.29, 1.82) is 0 Å². The predicted octanol–water partition coefficient (Wildman–Crippen LogP) is 0.705. The van der Waals surface area contributed by atoms with Crippen molar-refractivity contribution in [3.8, 4) is 0 Å². The van der Waals surface area contributed by atoms with Gasteiger partial charge in [-0.1, -0.05) is 37.3 Å².